The van der Waals surface area contributed by atoms with Crippen LogP contribution in [0.15, 0.2) is 94.4 Å². The van der Waals surface area contributed by atoms with Crippen molar-refractivity contribution in [2.45, 2.75) is 25.2 Å². The minimum atomic E-state index is -4.31. The second kappa shape index (κ2) is 8.10. The normalized spacial score (nSPS) is 18.5. The molecule has 9 heteroatoms. The summed E-state index contributed by atoms with van der Waals surface area (Å²) in [5.74, 6) is 1.03. The van der Waals surface area contributed by atoms with Crippen molar-refractivity contribution in [2.75, 3.05) is 9.91 Å². The van der Waals surface area contributed by atoms with Gasteiger partial charge in [0.25, 0.3) is 16.0 Å². The van der Waals surface area contributed by atoms with Gasteiger partial charge in [-0.05, 0) is 62.7 Å². The zero-order valence-electron chi connectivity index (χ0n) is 17.5. The zero-order valence-corrected chi connectivity index (χ0v) is 18.3. The summed E-state index contributed by atoms with van der Waals surface area (Å²) in [4.78, 5) is 14.6. The lowest BCUT2D eigenvalue weighted by Crippen LogP contribution is -2.22. The molecule has 0 aliphatic carbocycles. The van der Waals surface area contributed by atoms with Gasteiger partial charge in [-0.15, -0.1) is 0 Å². The number of rotatable bonds is 5. The number of allylic oxidation sites excluding steroid dienone is 2. The topological polar surface area (TPSA) is 99.5 Å². The van der Waals surface area contributed by atoms with Gasteiger partial charge in [0.15, 0.2) is 5.75 Å². The molecule has 32 heavy (non-hydrogen) atoms. The first-order valence-corrected chi connectivity index (χ1v) is 11.2. The minimum absolute atomic E-state index is 0.253. The van der Waals surface area contributed by atoms with Gasteiger partial charge in [-0.25, -0.2) is 0 Å². The van der Waals surface area contributed by atoms with Gasteiger partial charge in [0, 0.05) is 6.20 Å². The van der Waals surface area contributed by atoms with Crippen molar-refractivity contribution in [3.63, 3.8) is 0 Å². The first kappa shape index (κ1) is 21.5. The Morgan fingerprint density at radius 3 is 2.53 bits per heavy atom. The van der Waals surface area contributed by atoms with Crippen LogP contribution in [0, 0.1) is 0 Å². The SMILES string of the molecule is C=CN1/C(=C/C/C(C)=C2/C(=O)N(c3ccc(S(=O)(=O)O)cc3)N=C2C)Oc2ccccc21. The van der Waals surface area contributed by atoms with Gasteiger partial charge in [-0.2, -0.15) is 18.5 Å². The molecule has 0 saturated carbocycles. The molecule has 0 atom stereocenters. The molecule has 8 nitrogen and oxygen atoms in total. The van der Waals surface area contributed by atoms with E-state index in [2.05, 4.69) is 11.7 Å². The summed E-state index contributed by atoms with van der Waals surface area (Å²) in [5.41, 5.74) is 3.15. The van der Waals surface area contributed by atoms with Crippen LogP contribution in [0.25, 0.3) is 0 Å². The molecule has 0 radical (unpaired) electrons. The zero-order chi connectivity index (χ0) is 23.0. The second-order valence-corrected chi connectivity index (χ2v) is 8.72. The van der Waals surface area contributed by atoms with Crippen LogP contribution in [0.1, 0.15) is 20.3 Å². The van der Waals surface area contributed by atoms with Crippen LogP contribution >= 0.6 is 0 Å². The molecule has 0 saturated heterocycles. The molecule has 1 amide bonds. The monoisotopic (exact) mass is 451 g/mol. The summed E-state index contributed by atoms with van der Waals surface area (Å²) >= 11 is 0. The first-order chi connectivity index (χ1) is 15.2. The molecule has 0 spiro atoms. The Balaban J connectivity index is 1.57. The van der Waals surface area contributed by atoms with Crippen molar-refractivity contribution in [3.8, 4) is 5.75 Å². The fourth-order valence-corrected chi connectivity index (χ4v) is 4.11. The largest absolute Gasteiger partial charge is 0.439 e. The van der Waals surface area contributed by atoms with E-state index in [9.17, 15) is 13.2 Å². The van der Waals surface area contributed by atoms with Crippen molar-refractivity contribution >= 4 is 33.1 Å². The van der Waals surface area contributed by atoms with Crippen LogP contribution in [-0.2, 0) is 14.9 Å². The number of hydrogen-bond donors (Lipinski definition) is 1. The van der Waals surface area contributed by atoms with Gasteiger partial charge >= 0.3 is 0 Å². The molecule has 2 aromatic rings. The lowest BCUT2D eigenvalue weighted by atomic mass is 10.0. The van der Waals surface area contributed by atoms with Crippen LogP contribution in [0.2, 0.25) is 0 Å². The second-order valence-electron chi connectivity index (χ2n) is 7.30. The minimum Gasteiger partial charge on any atom is -0.439 e. The number of para-hydroxylation sites is 2. The number of amides is 1. The van der Waals surface area contributed by atoms with E-state index in [4.69, 9.17) is 9.29 Å². The molecular weight excluding hydrogens is 430 g/mol. The van der Waals surface area contributed by atoms with Crippen LogP contribution in [0.5, 0.6) is 5.75 Å². The van der Waals surface area contributed by atoms with E-state index in [1.165, 1.54) is 29.3 Å². The van der Waals surface area contributed by atoms with E-state index in [-0.39, 0.29) is 10.8 Å². The smallest absolute Gasteiger partial charge is 0.294 e. The number of fused-ring (bicyclic) bond motifs is 1. The molecule has 2 aliphatic rings. The Kier molecular flexibility index (Phi) is 5.45. The summed E-state index contributed by atoms with van der Waals surface area (Å²) < 4.78 is 37.5. The van der Waals surface area contributed by atoms with E-state index in [1.807, 2.05) is 42.2 Å². The lowest BCUT2D eigenvalue weighted by molar-refractivity contribution is -0.114. The van der Waals surface area contributed by atoms with Crippen molar-refractivity contribution in [1.29, 1.82) is 0 Å². The van der Waals surface area contributed by atoms with Gasteiger partial charge in [-0.3, -0.25) is 14.2 Å². The summed E-state index contributed by atoms with van der Waals surface area (Å²) in [7, 11) is -4.31. The summed E-state index contributed by atoms with van der Waals surface area (Å²) in [5, 5.41) is 5.54. The van der Waals surface area contributed by atoms with Gasteiger partial charge in [0.05, 0.1) is 27.6 Å². The molecule has 2 heterocycles. The Morgan fingerprint density at radius 1 is 1.19 bits per heavy atom. The number of hydrogen-bond acceptors (Lipinski definition) is 6. The Morgan fingerprint density at radius 2 is 1.88 bits per heavy atom. The maximum Gasteiger partial charge on any atom is 0.294 e. The number of carbonyl (C=O) groups excluding carboxylic acids is 1. The van der Waals surface area contributed by atoms with Crippen molar-refractivity contribution in [2.24, 2.45) is 5.10 Å². The lowest BCUT2D eigenvalue weighted by Gasteiger charge is -2.13. The predicted molar refractivity (Wildman–Crippen MR) is 122 cm³/mol. The molecular formula is C23H21N3O5S. The number of benzene rings is 2. The molecule has 164 valence electrons. The molecule has 0 unspecified atom stereocenters. The van der Waals surface area contributed by atoms with Crippen LogP contribution in [0.4, 0.5) is 11.4 Å². The highest BCUT2D eigenvalue weighted by atomic mass is 32.2. The fraction of sp³-hybridized carbons (Fsp3) is 0.130. The molecule has 0 aromatic heterocycles. The van der Waals surface area contributed by atoms with E-state index in [0.29, 0.717) is 29.3 Å². The third kappa shape index (κ3) is 3.83. The molecule has 4 rings (SSSR count). The van der Waals surface area contributed by atoms with Crippen LogP contribution in [0.3, 0.4) is 0 Å². The number of carbonyl (C=O) groups is 1. The highest BCUT2D eigenvalue weighted by Gasteiger charge is 2.31. The number of hydrazone groups is 1. The molecule has 0 bridgehead atoms. The third-order valence-electron chi connectivity index (χ3n) is 5.17. The summed E-state index contributed by atoms with van der Waals surface area (Å²) in [6.07, 6.45) is 4.01. The third-order valence-corrected chi connectivity index (χ3v) is 6.03. The Bertz CT molecular complexity index is 1310. The molecule has 1 N–H and O–H groups in total. The van der Waals surface area contributed by atoms with E-state index in [0.717, 1.165) is 17.0 Å². The van der Waals surface area contributed by atoms with Gasteiger partial charge in [0.2, 0.25) is 5.88 Å². The van der Waals surface area contributed by atoms with Crippen LogP contribution < -0.4 is 14.6 Å². The summed E-state index contributed by atoms with van der Waals surface area (Å²) in [6, 6.07) is 12.9. The number of nitrogens with zero attached hydrogens (tertiary/aromatic N) is 3. The van der Waals surface area contributed by atoms with Crippen molar-refractivity contribution in [3.05, 3.63) is 84.4 Å². The van der Waals surface area contributed by atoms with Gasteiger partial charge in [0.1, 0.15) is 0 Å². The van der Waals surface area contributed by atoms with Gasteiger partial charge in [-0.1, -0.05) is 24.3 Å². The highest BCUT2D eigenvalue weighted by Crippen LogP contribution is 2.39. The van der Waals surface area contributed by atoms with Gasteiger partial charge < -0.3 is 4.74 Å². The maximum atomic E-state index is 13.0. The van der Waals surface area contributed by atoms with Crippen LogP contribution in [-0.4, -0.2) is 24.6 Å². The maximum absolute atomic E-state index is 13.0. The predicted octanol–water partition coefficient (Wildman–Crippen LogP) is 4.25. The number of anilines is 2. The average Bonchev–Trinajstić information content (AvgIpc) is 3.27. The molecule has 0 fully saturated rings. The van der Waals surface area contributed by atoms with E-state index >= 15 is 0 Å². The van der Waals surface area contributed by atoms with Crippen molar-refractivity contribution < 1.29 is 22.5 Å². The highest BCUT2D eigenvalue weighted by molar-refractivity contribution is 7.85. The summed E-state index contributed by atoms with van der Waals surface area (Å²) in [6.45, 7) is 7.45. The first-order valence-electron chi connectivity index (χ1n) is 9.77. The fourth-order valence-electron chi connectivity index (χ4n) is 3.63. The Hall–Kier alpha value is -3.69. The van der Waals surface area contributed by atoms with E-state index < -0.39 is 10.1 Å². The Labute approximate surface area is 186 Å². The standard InChI is InChI=1S/C23H21N3O5S/c1-4-25-19-7-5-6-8-20(19)31-21(25)14-9-15(2)22-16(3)24-26(23(22)27)17-10-12-18(13-11-17)32(28,29)30/h4-8,10-14H,1,9H2,2-3H3,(H,28,29,30)/b21-14-,22-15+. The average molecular weight is 452 g/mol. The molecule has 2 aliphatic heterocycles. The van der Waals surface area contributed by atoms with E-state index in [1.54, 1.807) is 13.1 Å². The quantitative estimate of drug-likeness (QED) is 0.539. The number of ether oxygens (including phenoxy) is 1. The van der Waals surface area contributed by atoms with Crippen molar-refractivity contribution in [1.82, 2.24) is 0 Å². The molecule has 2 aromatic carbocycles.